The molecule has 72 valence electrons. The van der Waals surface area contributed by atoms with Crippen LogP contribution in [0.25, 0.3) is 10.6 Å². The van der Waals surface area contributed by atoms with Crippen LogP contribution in [0, 0.1) is 13.8 Å². The van der Waals surface area contributed by atoms with Crippen LogP contribution in [-0.2, 0) is 0 Å². The van der Waals surface area contributed by atoms with Crippen molar-refractivity contribution in [1.29, 1.82) is 0 Å². The molecule has 2 nitrogen and oxygen atoms in total. The molecule has 2 aromatic rings. The van der Waals surface area contributed by atoms with Gasteiger partial charge in [-0.15, -0.1) is 11.3 Å². The van der Waals surface area contributed by atoms with Gasteiger partial charge in [-0.3, -0.25) is 0 Å². The van der Waals surface area contributed by atoms with Crippen LogP contribution < -0.4 is 0 Å². The number of thiophene rings is 1. The maximum atomic E-state index is 5.99. The summed E-state index contributed by atoms with van der Waals surface area (Å²) in [6.07, 6.45) is 0. The van der Waals surface area contributed by atoms with Gasteiger partial charge in [0.25, 0.3) is 0 Å². The molecule has 0 atom stereocenters. The first-order valence-electron chi connectivity index (χ1n) is 4.23. The van der Waals surface area contributed by atoms with E-state index in [1.807, 2.05) is 31.4 Å². The summed E-state index contributed by atoms with van der Waals surface area (Å²) in [6, 6.07) is 4.04. The lowest BCUT2D eigenvalue weighted by Gasteiger charge is -2.04. The van der Waals surface area contributed by atoms with E-state index in [4.69, 9.17) is 11.6 Å². The topological polar surface area (TPSA) is 25.8 Å². The van der Waals surface area contributed by atoms with E-state index < -0.39 is 0 Å². The van der Waals surface area contributed by atoms with E-state index in [0.29, 0.717) is 11.0 Å². The maximum Gasteiger partial charge on any atom is 0.136 e. The highest BCUT2D eigenvalue weighted by atomic mass is 35.5. The van der Waals surface area contributed by atoms with Gasteiger partial charge in [-0.2, -0.15) is 0 Å². The fraction of sp³-hybridized carbons (Fsp3) is 0.200. The van der Waals surface area contributed by atoms with Crippen LogP contribution in [0.1, 0.15) is 11.4 Å². The average Bonchev–Trinajstić information content (AvgIpc) is 2.63. The Morgan fingerprint density at radius 2 is 2.07 bits per heavy atom. The summed E-state index contributed by atoms with van der Waals surface area (Å²) in [4.78, 5) is 9.63. The highest BCUT2D eigenvalue weighted by Gasteiger charge is 2.09. The van der Waals surface area contributed by atoms with Crippen LogP contribution in [0.4, 0.5) is 0 Å². The van der Waals surface area contributed by atoms with Crippen LogP contribution in [0.3, 0.4) is 0 Å². The molecular formula is C10H9ClN2S. The minimum absolute atomic E-state index is 0.543. The van der Waals surface area contributed by atoms with Crippen molar-refractivity contribution in [1.82, 2.24) is 9.97 Å². The van der Waals surface area contributed by atoms with Crippen molar-refractivity contribution >= 4 is 22.9 Å². The molecule has 0 aliphatic carbocycles. The van der Waals surface area contributed by atoms with Crippen LogP contribution in [0.15, 0.2) is 17.5 Å². The minimum atomic E-state index is 0.543. The van der Waals surface area contributed by atoms with Gasteiger partial charge >= 0.3 is 0 Å². The molecule has 0 amide bonds. The second kappa shape index (κ2) is 3.67. The Morgan fingerprint density at radius 1 is 1.29 bits per heavy atom. The highest BCUT2D eigenvalue weighted by Crippen LogP contribution is 2.28. The Kier molecular flexibility index (Phi) is 2.52. The normalized spacial score (nSPS) is 10.5. The number of aryl methyl sites for hydroxylation is 1. The summed E-state index contributed by atoms with van der Waals surface area (Å²) < 4.78 is 0. The van der Waals surface area contributed by atoms with Gasteiger partial charge in [0.15, 0.2) is 0 Å². The number of hydrogen-bond donors (Lipinski definition) is 0. The Balaban J connectivity index is 2.64. The second-order valence-electron chi connectivity index (χ2n) is 3.01. The third-order valence-electron chi connectivity index (χ3n) is 1.95. The van der Waals surface area contributed by atoms with Crippen molar-refractivity contribution in [2.24, 2.45) is 0 Å². The number of halogens is 1. The average molecular weight is 225 g/mol. The fourth-order valence-corrected chi connectivity index (χ4v) is 2.23. The van der Waals surface area contributed by atoms with Gasteiger partial charge in [0.1, 0.15) is 11.0 Å². The van der Waals surface area contributed by atoms with Crippen molar-refractivity contribution < 1.29 is 0 Å². The third kappa shape index (κ3) is 1.65. The van der Waals surface area contributed by atoms with Crippen molar-refractivity contribution in [3.63, 3.8) is 0 Å². The lowest BCUT2D eigenvalue weighted by atomic mass is 10.2. The van der Waals surface area contributed by atoms with E-state index in [1.165, 1.54) is 0 Å². The summed E-state index contributed by atoms with van der Waals surface area (Å²) in [5.41, 5.74) is 1.89. The van der Waals surface area contributed by atoms with Crippen molar-refractivity contribution in [3.05, 3.63) is 34.1 Å². The number of rotatable bonds is 1. The molecule has 0 aliphatic heterocycles. The Bertz CT molecular complexity index is 451. The summed E-state index contributed by atoms with van der Waals surface area (Å²) in [7, 11) is 0. The molecular weight excluding hydrogens is 216 g/mol. The van der Waals surface area contributed by atoms with Gasteiger partial charge in [0.2, 0.25) is 0 Å². The Morgan fingerprint density at radius 3 is 2.71 bits per heavy atom. The van der Waals surface area contributed by atoms with E-state index in [9.17, 15) is 0 Å². The molecule has 0 bridgehead atoms. The Hall–Kier alpha value is -0.930. The monoisotopic (exact) mass is 224 g/mol. The van der Waals surface area contributed by atoms with Gasteiger partial charge < -0.3 is 0 Å². The molecule has 0 aliphatic rings. The molecule has 0 saturated carbocycles. The maximum absolute atomic E-state index is 5.99. The van der Waals surface area contributed by atoms with E-state index in [1.54, 1.807) is 11.3 Å². The van der Waals surface area contributed by atoms with Gasteiger partial charge in [0.05, 0.1) is 10.6 Å². The molecule has 2 aromatic heterocycles. The quantitative estimate of drug-likeness (QED) is 0.694. The zero-order chi connectivity index (χ0) is 10.1. The predicted octanol–water partition coefficient (Wildman–Crippen LogP) is 3.48. The number of aromatic nitrogens is 2. The summed E-state index contributed by atoms with van der Waals surface area (Å²) in [5.74, 6) is 0.712. The zero-order valence-corrected chi connectivity index (χ0v) is 9.49. The molecule has 0 unspecified atom stereocenters. The lowest BCUT2D eigenvalue weighted by molar-refractivity contribution is 1.04. The van der Waals surface area contributed by atoms with Gasteiger partial charge in [-0.25, -0.2) is 9.97 Å². The molecule has 2 rings (SSSR count). The van der Waals surface area contributed by atoms with Crippen molar-refractivity contribution in [2.45, 2.75) is 13.8 Å². The van der Waals surface area contributed by atoms with E-state index in [0.717, 1.165) is 16.1 Å². The lowest BCUT2D eigenvalue weighted by Crippen LogP contribution is -1.95. The molecule has 0 N–H and O–H groups in total. The van der Waals surface area contributed by atoms with E-state index in [2.05, 4.69) is 9.97 Å². The first-order valence-corrected chi connectivity index (χ1v) is 5.49. The molecule has 0 fully saturated rings. The standard InChI is InChI=1S/C10H9ClN2S/c1-6-9(8-4-3-5-14-8)12-7(2)13-10(6)11/h3-5H,1-2H3. The third-order valence-corrected chi connectivity index (χ3v) is 3.20. The van der Waals surface area contributed by atoms with Gasteiger partial charge in [0, 0.05) is 5.56 Å². The van der Waals surface area contributed by atoms with E-state index in [-0.39, 0.29) is 0 Å². The van der Waals surface area contributed by atoms with Gasteiger partial charge in [-0.1, -0.05) is 17.7 Å². The predicted molar refractivity (Wildman–Crippen MR) is 59.8 cm³/mol. The van der Waals surface area contributed by atoms with Crippen molar-refractivity contribution in [2.75, 3.05) is 0 Å². The molecule has 2 heterocycles. The molecule has 0 aromatic carbocycles. The first-order chi connectivity index (χ1) is 6.68. The summed E-state index contributed by atoms with van der Waals surface area (Å²) in [5, 5.41) is 2.57. The van der Waals surface area contributed by atoms with Crippen LogP contribution in [0.5, 0.6) is 0 Å². The van der Waals surface area contributed by atoms with Crippen molar-refractivity contribution in [3.8, 4) is 10.6 Å². The minimum Gasteiger partial charge on any atom is -0.232 e. The van der Waals surface area contributed by atoms with Crippen LogP contribution in [0.2, 0.25) is 5.15 Å². The highest BCUT2D eigenvalue weighted by molar-refractivity contribution is 7.13. The number of hydrogen-bond acceptors (Lipinski definition) is 3. The van der Waals surface area contributed by atoms with Gasteiger partial charge in [-0.05, 0) is 25.3 Å². The summed E-state index contributed by atoms with van der Waals surface area (Å²) >= 11 is 7.65. The molecule has 14 heavy (non-hydrogen) atoms. The number of nitrogens with zero attached hydrogens (tertiary/aromatic N) is 2. The molecule has 0 saturated heterocycles. The molecule has 0 radical (unpaired) electrons. The fourth-order valence-electron chi connectivity index (χ4n) is 1.25. The van der Waals surface area contributed by atoms with Crippen LogP contribution >= 0.6 is 22.9 Å². The smallest absolute Gasteiger partial charge is 0.136 e. The summed E-state index contributed by atoms with van der Waals surface area (Å²) in [6.45, 7) is 3.79. The van der Waals surface area contributed by atoms with E-state index >= 15 is 0 Å². The largest absolute Gasteiger partial charge is 0.232 e. The molecule has 4 heteroatoms. The molecule has 0 spiro atoms. The Labute approximate surface area is 91.6 Å². The first kappa shape index (κ1) is 9.62. The SMILES string of the molecule is Cc1nc(Cl)c(C)c(-c2cccs2)n1. The zero-order valence-electron chi connectivity index (χ0n) is 7.91. The second-order valence-corrected chi connectivity index (χ2v) is 4.32. The van der Waals surface area contributed by atoms with Crippen LogP contribution in [-0.4, -0.2) is 9.97 Å².